The van der Waals surface area contributed by atoms with E-state index in [1.807, 2.05) is 0 Å². The maximum atomic E-state index is 11.8. The second kappa shape index (κ2) is 3.12. The van der Waals surface area contributed by atoms with Crippen molar-refractivity contribution in [2.45, 2.75) is 11.7 Å². The van der Waals surface area contributed by atoms with Crippen LogP contribution in [0.1, 0.15) is 0 Å². The number of alkyl halides is 3. The van der Waals surface area contributed by atoms with Crippen LogP contribution in [0.25, 0.3) is 0 Å². The van der Waals surface area contributed by atoms with E-state index in [4.69, 9.17) is 5.73 Å². The minimum Gasteiger partial charge on any atom is -0.375 e. The minimum atomic E-state index is -5.03. The number of ether oxygens (including phenoxy) is 1. The molecule has 1 heterocycles. The van der Waals surface area contributed by atoms with Crippen LogP contribution >= 0.6 is 0 Å². The Labute approximate surface area is 76.4 Å². The first-order valence-electron chi connectivity index (χ1n) is 3.55. The molecule has 0 aromatic rings. The summed E-state index contributed by atoms with van der Waals surface area (Å²) in [6.07, 6.45) is -5.03. The fourth-order valence-electron chi connectivity index (χ4n) is 0.870. The summed E-state index contributed by atoms with van der Waals surface area (Å²) in [6, 6.07) is 0. The van der Waals surface area contributed by atoms with Crippen molar-refractivity contribution < 1.29 is 27.5 Å². The zero-order valence-corrected chi connectivity index (χ0v) is 6.85. The lowest BCUT2D eigenvalue weighted by atomic mass is 9.96. The Bertz CT molecular complexity index is 272. The van der Waals surface area contributed by atoms with Crippen molar-refractivity contribution in [2.75, 3.05) is 13.2 Å². The molecular weight excluding hydrogens is 205 g/mol. The Kier molecular flexibility index (Phi) is 2.40. The number of hydrogen-bond acceptors (Lipinski definition) is 3. The predicted octanol–water partition coefficient (Wildman–Crippen LogP) is -1.08. The van der Waals surface area contributed by atoms with Gasteiger partial charge in [0, 0.05) is 0 Å². The highest BCUT2D eigenvalue weighted by molar-refractivity contribution is 5.93. The number of primary amides is 1. The molecule has 1 aliphatic rings. The van der Waals surface area contributed by atoms with Gasteiger partial charge in [0.2, 0.25) is 5.91 Å². The highest BCUT2D eigenvalue weighted by atomic mass is 19.4. The molecule has 0 radical (unpaired) electrons. The quantitative estimate of drug-likeness (QED) is 0.610. The third-order valence-corrected chi connectivity index (χ3v) is 1.78. The van der Waals surface area contributed by atoms with Gasteiger partial charge in [0.05, 0.1) is 13.2 Å². The van der Waals surface area contributed by atoms with Gasteiger partial charge < -0.3 is 15.8 Å². The minimum absolute atomic E-state index is 0.329. The highest BCUT2D eigenvalue weighted by Crippen LogP contribution is 2.21. The smallest absolute Gasteiger partial charge is 0.375 e. The topological polar surface area (TPSA) is 81.4 Å². The van der Waals surface area contributed by atoms with Gasteiger partial charge in [-0.25, -0.2) is 0 Å². The first-order valence-corrected chi connectivity index (χ1v) is 3.55. The van der Waals surface area contributed by atoms with Gasteiger partial charge in [-0.1, -0.05) is 0 Å². The van der Waals surface area contributed by atoms with Crippen LogP contribution in [0.2, 0.25) is 0 Å². The first-order chi connectivity index (χ1) is 6.28. The molecule has 0 bridgehead atoms. The average Bonchev–Trinajstić information content (AvgIpc) is 1.93. The van der Waals surface area contributed by atoms with Crippen LogP contribution in [0.3, 0.4) is 0 Å². The maximum absolute atomic E-state index is 11.8. The molecule has 0 aromatic heterocycles. The van der Waals surface area contributed by atoms with E-state index in [0.29, 0.717) is 0 Å². The summed E-state index contributed by atoms with van der Waals surface area (Å²) < 4.78 is 39.9. The number of carbonyl (C=O) groups excluding carboxylic acids is 2. The van der Waals surface area contributed by atoms with E-state index in [1.54, 1.807) is 0 Å². The molecule has 0 atom stereocenters. The van der Waals surface area contributed by atoms with E-state index in [2.05, 4.69) is 4.74 Å². The Hall–Kier alpha value is -1.31. The number of nitrogens with two attached hydrogens (primary N) is 1. The number of hydrogen-bond donors (Lipinski definition) is 2. The van der Waals surface area contributed by atoms with Crippen LogP contribution in [0.5, 0.6) is 0 Å². The fraction of sp³-hybridized carbons (Fsp3) is 0.667. The standard InChI is InChI=1S/C6H7F3N2O3/c7-6(8,9)4(13)11-5(3(10)12)1-14-2-5/h1-2H2,(H2,10,12)(H,11,13). The number of rotatable bonds is 2. The van der Waals surface area contributed by atoms with Gasteiger partial charge in [0.25, 0.3) is 0 Å². The summed E-state index contributed by atoms with van der Waals surface area (Å²) in [7, 11) is 0. The zero-order valence-electron chi connectivity index (χ0n) is 6.85. The molecule has 0 unspecified atom stereocenters. The fourth-order valence-corrected chi connectivity index (χ4v) is 0.870. The molecule has 0 aromatic carbocycles. The number of amides is 2. The molecule has 8 heteroatoms. The molecule has 2 amide bonds. The summed E-state index contributed by atoms with van der Waals surface area (Å²) in [6.45, 7) is -0.658. The van der Waals surface area contributed by atoms with Gasteiger partial charge in [-0.3, -0.25) is 9.59 Å². The lowest BCUT2D eigenvalue weighted by Crippen LogP contribution is -2.70. The Balaban J connectivity index is 2.67. The number of carbonyl (C=O) groups is 2. The normalized spacial score (nSPS) is 19.6. The molecule has 1 rings (SSSR count). The van der Waals surface area contributed by atoms with Gasteiger partial charge >= 0.3 is 12.1 Å². The molecule has 14 heavy (non-hydrogen) atoms. The van der Waals surface area contributed by atoms with Crippen LogP contribution < -0.4 is 11.1 Å². The second-order valence-electron chi connectivity index (χ2n) is 2.89. The highest BCUT2D eigenvalue weighted by Gasteiger charge is 2.51. The van der Waals surface area contributed by atoms with Crippen molar-refractivity contribution in [3.05, 3.63) is 0 Å². The monoisotopic (exact) mass is 212 g/mol. The third-order valence-electron chi connectivity index (χ3n) is 1.78. The van der Waals surface area contributed by atoms with Crippen LogP contribution in [0.15, 0.2) is 0 Å². The summed E-state index contributed by atoms with van der Waals surface area (Å²) in [4.78, 5) is 21.2. The van der Waals surface area contributed by atoms with Crippen molar-refractivity contribution >= 4 is 11.8 Å². The zero-order chi connectivity index (χ0) is 11.0. The van der Waals surface area contributed by atoms with Crippen LogP contribution in [-0.4, -0.2) is 36.7 Å². The van der Waals surface area contributed by atoms with E-state index in [9.17, 15) is 22.8 Å². The molecule has 0 spiro atoms. The van der Waals surface area contributed by atoms with E-state index in [1.165, 1.54) is 5.32 Å². The van der Waals surface area contributed by atoms with Gasteiger partial charge in [-0.05, 0) is 0 Å². The molecule has 1 fully saturated rings. The van der Waals surface area contributed by atoms with Crippen LogP contribution in [0, 0.1) is 0 Å². The summed E-state index contributed by atoms with van der Waals surface area (Å²) in [5.74, 6) is -3.24. The van der Waals surface area contributed by atoms with Crippen LogP contribution in [-0.2, 0) is 14.3 Å². The van der Waals surface area contributed by atoms with Crippen molar-refractivity contribution in [1.29, 1.82) is 0 Å². The van der Waals surface area contributed by atoms with Crippen molar-refractivity contribution in [1.82, 2.24) is 5.32 Å². The first kappa shape index (κ1) is 10.8. The molecule has 5 nitrogen and oxygen atoms in total. The second-order valence-corrected chi connectivity index (χ2v) is 2.89. The molecular formula is C6H7F3N2O3. The van der Waals surface area contributed by atoms with Crippen molar-refractivity contribution in [2.24, 2.45) is 5.73 Å². The largest absolute Gasteiger partial charge is 0.471 e. The summed E-state index contributed by atoms with van der Waals surface area (Å²) >= 11 is 0. The molecule has 0 aliphatic carbocycles. The number of nitrogens with one attached hydrogen (secondary N) is 1. The Morgan fingerprint density at radius 3 is 2.07 bits per heavy atom. The predicted molar refractivity (Wildman–Crippen MR) is 36.9 cm³/mol. The van der Waals surface area contributed by atoms with E-state index in [-0.39, 0.29) is 13.2 Å². The average molecular weight is 212 g/mol. The molecule has 1 aliphatic heterocycles. The molecule has 80 valence electrons. The Morgan fingerprint density at radius 1 is 1.36 bits per heavy atom. The maximum Gasteiger partial charge on any atom is 0.471 e. The van der Waals surface area contributed by atoms with Gasteiger partial charge in [0.1, 0.15) is 0 Å². The molecule has 3 N–H and O–H groups in total. The summed E-state index contributed by atoms with van der Waals surface area (Å²) in [5, 5.41) is 1.51. The summed E-state index contributed by atoms with van der Waals surface area (Å²) in [5.41, 5.74) is 3.12. The van der Waals surface area contributed by atoms with E-state index >= 15 is 0 Å². The van der Waals surface area contributed by atoms with Crippen molar-refractivity contribution in [3.63, 3.8) is 0 Å². The Morgan fingerprint density at radius 2 is 1.86 bits per heavy atom. The number of halogens is 3. The lowest BCUT2D eigenvalue weighted by Gasteiger charge is -2.38. The molecule has 0 saturated carbocycles. The SMILES string of the molecule is NC(=O)C1(NC(=O)C(F)(F)F)COC1. The third kappa shape index (κ3) is 1.79. The van der Waals surface area contributed by atoms with Gasteiger partial charge in [0.15, 0.2) is 5.54 Å². The van der Waals surface area contributed by atoms with Gasteiger partial charge in [-0.2, -0.15) is 13.2 Å². The van der Waals surface area contributed by atoms with Gasteiger partial charge in [-0.15, -0.1) is 0 Å². The van der Waals surface area contributed by atoms with Crippen LogP contribution in [0.4, 0.5) is 13.2 Å². The van der Waals surface area contributed by atoms with Crippen molar-refractivity contribution in [3.8, 4) is 0 Å². The molecule has 1 saturated heterocycles. The lowest BCUT2D eigenvalue weighted by molar-refractivity contribution is -0.183. The van der Waals surface area contributed by atoms with E-state index < -0.39 is 23.5 Å². The van der Waals surface area contributed by atoms with E-state index in [0.717, 1.165) is 0 Å².